The molecule has 1 aromatic carbocycles. The van der Waals surface area contributed by atoms with Crippen molar-refractivity contribution < 1.29 is 23.0 Å². The summed E-state index contributed by atoms with van der Waals surface area (Å²) in [6.45, 7) is 1.46. The molecule has 1 saturated heterocycles. The number of amides is 1. The number of ether oxygens (including phenoxy) is 2. The van der Waals surface area contributed by atoms with Gasteiger partial charge in [-0.05, 0) is 23.6 Å². The van der Waals surface area contributed by atoms with E-state index in [2.05, 4.69) is 45.4 Å². The summed E-state index contributed by atoms with van der Waals surface area (Å²) in [6.07, 6.45) is 0. The van der Waals surface area contributed by atoms with Crippen LogP contribution in [0, 0.1) is 5.92 Å². The average Bonchev–Trinajstić information content (AvgIpc) is 2.95. The molecule has 0 radical (unpaired) electrons. The van der Waals surface area contributed by atoms with Crippen LogP contribution in [0.25, 0.3) is 0 Å². The molecule has 0 spiro atoms. The van der Waals surface area contributed by atoms with Crippen LogP contribution < -0.4 is 20.3 Å². The van der Waals surface area contributed by atoms with Crippen molar-refractivity contribution in [1.82, 2.24) is 15.8 Å². The number of benzene rings is 1. The van der Waals surface area contributed by atoms with E-state index in [9.17, 15) is 13.6 Å². The molecule has 1 heterocycles. The minimum Gasteiger partial charge on any atom is -0.493 e. The van der Waals surface area contributed by atoms with Gasteiger partial charge in [-0.3, -0.25) is 10.2 Å². The molecular weight excluding hydrogens is 412 g/mol. The first-order chi connectivity index (χ1) is 12.2. The largest absolute Gasteiger partial charge is 0.493 e. The third-order valence-electron chi connectivity index (χ3n) is 4.29. The van der Waals surface area contributed by atoms with Gasteiger partial charge >= 0.3 is 6.61 Å². The molecule has 0 aromatic heterocycles. The van der Waals surface area contributed by atoms with Crippen molar-refractivity contribution in [3.63, 3.8) is 0 Å². The normalized spacial score (nSPS) is 22.7. The molecule has 26 heavy (non-hydrogen) atoms. The van der Waals surface area contributed by atoms with Gasteiger partial charge in [0.1, 0.15) is 6.04 Å². The Bertz CT molecular complexity index is 633. The van der Waals surface area contributed by atoms with Crippen LogP contribution in [0.4, 0.5) is 8.78 Å². The molecule has 3 unspecified atom stereocenters. The van der Waals surface area contributed by atoms with E-state index < -0.39 is 12.7 Å². The number of likely N-dealkylation sites (N-methyl/N-ethyl adjacent to an activating group) is 1. The Balaban J connectivity index is 2.07. The Hall–Kier alpha value is -1.45. The monoisotopic (exact) mass is 435 g/mol. The van der Waals surface area contributed by atoms with E-state index in [0.29, 0.717) is 11.5 Å². The summed E-state index contributed by atoms with van der Waals surface area (Å²) in [4.78, 5) is 14.2. The Morgan fingerprint density at radius 2 is 2.00 bits per heavy atom. The predicted molar refractivity (Wildman–Crippen MR) is 97.5 cm³/mol. The number of methoxy groups -OCH3 is 1. The van der Waals surface area contributed by atoms with Crippen molar-refractivity contribution in [2.45, 2.75) is 43.9 Å². The Morgan fingerprint density at radius 1 is 1.31 bits per heavy atom. The highest BCUT2D eigenvalue weighted by Crippen LogP contribution is 2.30. The van der Waals surface area contributed by atoms with Crippen molar-refractivity contribution in [3.8, 4) is 11.5 Å². The van der Waals surface area contributed by atoms with Crippen LogP contribution in [-0.4, -0.2) is 48.5 Å². The number of hydrogen-bond acceptors (Lipinski definition) is 5. The van der Waals surface area contributed by atoms with Gasteiger partial charge in [0.2, 0.25) is 5.91 Å². The molecular formula is C17H24BrF2N3O3. The maximum atomic E-state index is 12.7. The van der Waals surface area contributed by atoms with E-state index in [1.165, 1.54) is 13.2 Å². The van der Waals surface area contributed by atoms with Gasteiger partial charge in [0, 0.05) is 19.6 Å². The Kier molecular flexibility index (Phi) is 7.19. The van der Waals surface area contributed by atoms with Crippen LogP contribution in [0.3, 0.4) is 0 Å². The lowest BCUT2D eigenvalue weighted by atomic mass is 9.99. The second-order valence-corrected chi connectivity index (χ2v) is 7.60. The SMILES string of the molecule is COc1ccc(CN(C)C(=O)C2NNC(C(C)C)C2Br)cc1OC(F)F. The molecule has 1 aromatic rings. The van der Waals surface area contributed by atoms with Crippen molar-refractivity contribution in [2.24, 2.45) is 5.92 Å². The number of halogens is 3. The van der Waals surface area contributed by atoms with Crippen LogP contribution >= 0.6 is 15.9 Å². The second-order valence-electron chi connectivity index (χ2n) is 6.54. The molecule has 1 amide bonds. The predicted octanol–water partition coefficient (Wildman–Crippen LogP) is 2.52. The first-order valence-corrected chi connectivity index (χ1v) is 9.18. The van der Waals surface area contributed by atoms with Gasteiger partial charge in [-0.15, -0.1) is 0 Å². The van der Waals surface area contributed by atoms with E-state index in [4.69, 9.17) is 4.74 Å². The summed E-state index contributed by atoms with van der Waals surface area (Å²) < 4.78 is 34.6. The van der Waals surface area contributed by atoms with Gasteiger partial charge in [-0.25, -0.2) is 5.43 Å². The summed E-state index contributed by atoms with van der Waals surface area (Å²) in [5.41, 5.74) is 6.83. The van der Waals surface area contributed by atoms with Crippen LogP contribution in [0.1, 0.15) is 19.4 Å². The molecule has 9 heteroatoms. The zero-order valence-corrected chi connectivity index (χ0v) is 16.7. The molecule has 0 bridgehead atoms. The summed E-state index contributed by atoms with van der Waals surface area (Å²) in [5, 5.41) is 0. The van der Waals surface area contributed by atoms with E-state index in [1.54, 1.807) is 24.1 Å². The summed E-state index contributed by atoms with van der Waals surface area (Å²) >= 11 is 3.59. The van der Waals surface area contributed by atoms with Gasteiger partial charge in [0.25, 0.3) is 0 Å². The molecule has 1 aliphatic heterocycles. The van der Waals surface area contributed by atoms with Gasteiger partial charge in [0.05, 0.1) is 11.9 Å². The number of nitrogens with zero attached hydrogens (tertiary/aromatic N) is 1. The number of carbonyl (C=O) groups is 1. The minimum atomic E-state index is -2.95. The quantitative estimate of drug-likeness (QED) is 0.644. The highest BCUT2D eigenvalue weighted by atomic mass is 79.9. The zero-order valence-electron chi connectivity index (χ0n) is 15.1. The molecule has 0 aliphatic carbocycles. The molecule has 6 nitrogen and oxygen atoms in total. The van der Waals surface area contributed by atoms with E-state index in [-0.39, 0.29) is 34.8 Å². The first kappa shape index (κ1) is 20.9. The highest BCUT2D eigenvalue weighted by molar-refractivity contribution is 9.09. The van der Waals surface area contributed by atoms with Crippen molar-refractivity contribution in [2.75, 3.05) is 14.2 Å². The van der Waals surface area contributed by atoms with Gasteiger partial charge in [-0.2, -0.15) is 8.78 Å². The van der Waals surface area contributed by atoms with Crippen LogP contribution in [0.5, 0.6) is 11.5 Å². The molecule has 1 fully saturated rings. The highest BCUT2D eigenvalue weighted by Gasteiger charge is 2.40. The molecule has 2 N–H and O–H groups in total. The topological polar surface area (TPSA) is 62.8 Å². The lowest BCUT2D eigenvalue weighted by Crippen LogP contribution is -2.46. The Morgan fingerprint density at radius 3 is 2.54 bits per heavy atom. The summed E-state index contributed by atoms with van der Waals surface area (Å²) in [7, 11) is 3.05. The third kappa shape index (κ3) is 4.83. The summed E-state index contributed by atoms with van der Waals surface area (Å²) in [5.74, 6) is 0.407. The number of nitrogens with one attached hydrogen (secondary N) is 2. The zero-order chi connectivity index (χ0) is 19.4. The number of alkyl halides is 3. The molecule has 0 saturated carbocycles. The van der Waals surface area contributed by atoms with E-state index in [0.717, 1.165) is 0 Å². The summed E-state index contributed by atoms with van der Waals surface area (Å²) in [6, 6.07) is 4.43. The van der Waals surface area contributed by atoms with Gasteiger partial charge in [-0.1, -0.05) is 35.8 Å². The third-order valence-corrected chi connectivity index (χ3v) is 5.39. The Labute approximate surface area is 160 Å². The maximum Gasteiger partial charge on any atom is 0.387 e. The molecule has 2 rings (SSSR count). The molecule has 1 aliphatic rings. The van der Waals surface area contributed by atoms with Crippen LogP contribution in [0.15, 0.2) is 18.2 Å². The number of carbonyl (C=O) groups excluding carboxylic acids is 1. The van der Waals surface area contributed by atoms with Crippen molar-refractivity contribution in [3.05, 3.63) is 23.8 Å². The van der Waals surface area contributed by atoms with Crippen LogP contribution in [-0.2, 0) is 11.3 Å². The van der Waals surface area contributed by atoms with Gasteiger partial charge < -0.3 is 14.4 Å². The smallest absolute Gasteiger partial charge is 0.387 e. The van der Waals surface area contributed by atoms with E-state index >= 15 is 0 Å². The number of hydrazine groups is 1. The minimum absolute atomic E-state index is 0.0500. The molecule has 146 valence electrons. The standard InChI is InChI=1S/C17H24BrF2N3O3/c1-9(2)14-13(18)15(22-21-14)16(24)23(3)8-10-5-6-11(25-4)12(7-10)26-17(19)20/h5-7,9,13-15,17,21-22H,8H2,1-4H3. The van der Waals surface area contributed by atoms with Crippen molar-refractivity contribution in [1.29, 1.82) is 0 Å². The number of hydrogen-bond donors (Lipinski definition) is 2. The fraction of sp³-hybridized carbons (Fsp3) is 0.588. The fourth-order valence-corrected chi connectivity index (χ4v) is 3.98. The lowest BCUT2D eigenvalue weighted by Gasteiger charge is -2.24. The lowest BCUT2D eigenvalue weighted by molar-refractivity contribution is -0.132. The fourth-order valence-electron chi connectivity index (χ4n) is 2.88. The van der Waals surface area contributed by atoms with Crippen molar-refractivity contribution >= 4 is 21.8 Å². The van der Waals surface area contributed by atoms with Crippen LogP contribution in [0.2, 0.25) is 0 Å². The maximum absolute atomic E-state index is 12.7. The number of rotatable bonds is 7. The van der Waals surface area contributed by atoms with E-state index in [1.807, 2.05) is 0 Å². The second kappa shape index (κ2) is 8.96. The first-order valence-electron chi connectivity index (χ1n) is 8.26. The average molecular weight is 436 g/mol. The van der Waals surface area contributed by atoms with Gasteiger partial charge in [0.15, 0.2) is 11.5 Å². The molecule has 3 atom stereocenters.